The standard InChI is InChI=1S/C16H19ClN4O.HI/c1-18-16(21-11-13-5-2-3-7-15(13)17)20-9-10-22-14-6-4-8-19-12-14;/h2-8,12H,9-11H2,1H3,(H2,18,20,21);1H. The van der Waals surface area contributed by atoms with Crippen LogP contribution in [0, 0.1) is 0 Å². The first-order chi connectivity index (χ1) is 10.8. The van der Waals surface area contributed by atoms with Gasteiger partial charge in [0.05, 0.1) is 12.7 Å². The third kappa shape index (κ3) is 7.04. The zero-order valence-corrected chi connectivity index (χ0v) is 15.9. The van der Waals surface area contributed by atoms with Crippen molar-refractivity contribution in [1.29, 1.82) is 0 Å². The molecule has 0 saturated heterocycles. The van der Waals surface area contributed by atoms with Crippen LogP contribution >= 0.6 is 35.6 Å². The lowest BCUT2D eigenvalue weighted by atomic mass is 10.2. The molecule has 23 heavy (non-hydrogen) atoms. The fraction of sp³-hybridized carbons (Fsp3) is 0.250. The van der Waals surface area contributed by atoms with Gasteiger partial charge < -0.3 is 15.4 Å². The van der Waals surface area contributed by atoms with Gasteiger partial charge in [-0.2, -0.15) is 0 Å². The number of halogens is 2. The van der Waals surface area contributed by atoms with Gasteiger partial charge >= 0.3 is 0 Å². The summed E-state index contributed by atoms with van der Waals surface area (Å²) in [6.07, 6.45) is 3.40. The maximum atomic E-state index is 6.12. The first-order valence-electron chi connectivity index (χ1n) is 7.00. The molecule has 1 aromatic carbocycles. The fourth-order valence-corrected chi connectivity index (χ4v) is 2.01. The number of aromatic nitrogens is 1. The summed E-state index contributed by atoms with van der Waals surface area (Å²) in [5.41, 5.74) is 1.03. The van der Waals surface area contributed by atoms with Gasteiger partial charge in [-0.15, -0.1) is 24.0 Å². The van der Waals surface area contributed by atoms with Gasteiger partial charge in [-0.1, -0.05) is 29.8 Å². The van der Waals surface area contributed by atoms with Gasteiger partial charge in [0.15, 0.2) is 5.96 Å². The van der Waals surface area contributed by atoms with Crippen molar-refractivity contribution in [3.8, 4) is 5.75 Å². The predicted octanol–water partition coefficient (Wildman–Crippen LogP) is 3.10. The molecule has 2 rings (SSSR count). The van der Waals surface area contributed by atoms with Crippen LogP contribution in [0.2, 0.25) is 5.02 Å². The van der Waals surface area contributed by atoms with Crippen molar-refractivity contribution in [2.24, 2.45) is 4.99 Å². The van der Waals surface area contributed by atoms with Crippen molar-refractivity contribution in [1.82, 2.24) is 15.6 Å². The van der Waals surface area contributed by atoms with Gasteiger partial charge in [-0.3, -0.25) is 9.98 Å². The highest BCUT2D eigenvalue weighted by atomic mass is 127. The summed E-state index contributed by atoms with van der Waals surface area (Å²) in [6, 6.07) is 11.4. The van der Waals surface area contributed by atoms with Gasteiger partial charge in [0.25, 0.3) is 0 Å². The minimum Gasteiger partial charge on any atom is -0.490 e. The summed E-state index contributed by atoms with van der Waals surface area (Å²) < 4.78 is 5.55. The van der Waals surface area contributed by atoms with Gasteiger partial charge in [-0.25, -0.2) is 0 Å². The molecule has 0 bridgehead atoms. The molecule has 5 nitrogen and oxygen atoms in total. The number of benzene rings is 1. The molecule has 0 aliphatic heterocycles. The summed E-state index contributed by atoms with van der Waals surface area (Å²) >= 11 is 6.12. The van der Waals surface area contributed by atoms with Crippen molar-refractivity contribution in [2.45, 2.75) is 6.54 Å². The first kappa shape index (κ1) is 19.5. The number of nitrogens with one attached hydrogen (secondary N) is 2. The third-order valence-corrected chi connectivity index (χ3v) is 3.29. The Morgan fingerprint density at radius 2 is 2.04 bits per heavy atom. The van der Waals surface area contributed by atoms with E-state index in [1.54, 1.807) is 19.4 Å². The Morgan fingerprint density at radius 1 is 1.22 bits per heavy atom. The van der Waals surface area contributed by atoms with Crippen molar-refractivity contribution in [3.63, 3.8) is 0 Å². The Kier molecular flexibility index (Phi) is 9.39. The van der Waals surface area contributed by atoms with E-state index in [1.807, 2.05) is 36.4 Å². The van der Waals surface area contributed by atoms with Crippen molar-refractivity contribution in [3.05, 3.63) is 59.4 Å². The number of nitrogens with zero attached hydrogens (tertiary/aromatic N) is 2. The van der Waals surface area contributed by atoms with Crippen LogP contribution in [0.5, 0.6) is 5.75 Å². The predicted molar refractivity (Wildman–Crippen MR) is 105 cm³/mol. The summed E-state index contributed by atoms with van der Waals surface area (Å²) in [5.74, 6) is 1.46. The second kappa shape index (κ2) is 11.1. The molecular formula is C16H20ClIN4O. The second-order valence-corrected chi connectivity index (χ2v) is 4.89. The zero-order chi connectivity index (χ0) is 15.6. The average Bonchev–Trinajstić information content (AvgIpc) is 2.56. The molecule has 0 radical (unpaired) electrons. The molecule has 2 N–H and O–H groups in total. The van der Waals surface area contributed by atoms with Crippen LogP contribution in [0.1, 0.15) is 5.56 Å². The Balaban J connectivity index is 0.00000264. The zero-order valence-electron chi connectivity index (χ0n) is 12.8. The molecule has 0 fully saturated rings. The molecule has 0 spiro atoms. The highest BCUT2D eigenvalue weighted by Gasteiger charge is 2.01. The average molecular weight is 447 g/mol. The van der Waals surface area contributed by atoms with E-state index in [1.165, 1.54) is 0 Å². The number of hydrogen-bond donors (Lipinski definition) is 2. The van der Waals surface area contributed by atoms with E-state index in [0.717, 1.165) is 16.3 Å². The van der Waals surface area contributed by atoms with Gasteiger partial charge in [0.2, 0.25) is 0 Å². The quantitative estimate of drug-likeness (QED) is 0.310. The third-order valence-electron chi connectivity index (χ3n) is 2.93. The maximum absolute atomic E-state index is 6.12. The van der Waals surface area contributed by atoms with E-state index in [-0.39, 0.29) is 24.0 Å². The molecule has 0 amide bonds. The van der Waals surface area contributed by atoms with Gasteiger partial charge in [0.1, 0.15) is 12.4 Å². The van der Waals surface area contributed by atoms with Crippen LogP contribution in [0.15, 0.2) is 53.8 Å². The van der Waals surface area contributed by atoms with E-state index in [9.17, 15) is 0 Å². The molecule has 0 unspecified atom stereocenters. The highest BCUT2D eigenvalue weighted by Crippen LogP contribution is 2.14. The van der Waals surface area contributed by atoms with E-state index >= 15 is 0 Å². The molecule has 2 aromatic rings. The summed E-state index contributed by atoms with van der Waals surface area (Å²) in [4.78, 5) is 8.15. The number of aliphatic imine (C=N–C) groups is 1. The molecule has 7 heteroatoms. The Bertz CT molecular complexity index is 610. The van der Waals surface area contributed by atoms with E-state index in [2.05, 4.69) is 20.6 Å². The SMILES string of the molecule is CN=C(NCCOc1cccnc1)NCc1ccccc1Cl.I. The largest absolute Gasteiger partial charge is 0.490 e. The lowest BCUT2D eigenvalue weighted by Gasteiger charge is -2.13. The first-order valence-corrected chi connectivity index (χ1v) is 7.38. The van der Waals surface area contributed by atoms with E-state index in [4.69, 9.17) is 16.3 Å². The molecule has 0 saturated carbocycles. The number of guanidine groups is 1. The maximum Gasteiger partial charge on any atom is 0.191 e. The van der Waals surface area contributed by atoms with Crippen molar-refractivity contribution in [2.75, 3.05) is 20.2 Å². The van der Waals surface area contributed by atoms with Gasteiger partial charge in [0, 0.05) is 24.8 Å². The highest BCUT2D eigenvalue weighted by molar-refractivity contribution is 14.0. The van der Waals surface area contributed by atoms with E-state index < -0.39 is 0 Å². The number of pyridine rings is 1. The van der Waals surface area contributed by atoms with Crippen LogP contribution in [-0.2, 0) is 6.54 Å². The van der Waals surface area contributed by atoms with Crippen LogP contribution in [0.25, 0.3) is 0 Å². The molecule has 0 aliphatic rings. The smallest absolute Gasteiger partial charge is 0.191 e. The Hall–Kier alpha value is -1.54. The summed E-state index contributed by atoms with van der Waals surface area (Å²) in [5, 5.41) is 7.13. The molecular weight excluding hydrogens is 427 g/mol. The Morgan fingerprint density at radius 3 is 2.74 bits per heavy atom. The Labute approximate surface area is 158 Å². The molecule has 0 atom stereocenters. The molecule has 0 aliphatic carbocycles. The lowest BCUT2D eigenvalue weighted by molar-refractivity contribution is 0.320. The minimum absolute atomic E-state index is 0. The molecule has 1 aromatic heterocycles. The topological polar surface area (TPSA) is 58.5 Å². The second-order valence-electron chi connectivity index (χ2n) is 4.48. The molecule has 124 valence electrons. The van der Waals surface area contributed by atoms with E-state index in [0.29, 0.717) is 25.7 Å². The van der Waals surface area contributed by atoms with Crippen LogP contribution in [-0.4, -0.2) is 31.1 Å². The van der Waals surface area contributed by atoms with Crippen LogP contribution in [0.4, 0.5) is 0 Å². The normalized spacial score (nSPS) is 10.6. The summed E-state index contributed by atoms with van der Waals surface area (Å²) in [6.45, 7) is 1.78. The number of hydrogen-bond acceptors (Lipinski definition) is 3. The molecule has 1 heterocycles. The van der Waals surface area contributed by atoms with Crippen molar-refractivity contribution < 1.29 is 4.74 Å². The van der Waals surface area contributed by atoms with Crippen molar-refractivity contribution >= 4 is 41.5 Å². The minimum atomic E-state index is 0. The summed E-state index contributed by atoms with van der Waals surface area (Å²) in [7, 11) is 1.73. The number of rotatable bonds is 6. The van der Waals surface area contributed by atoms with Crippen LogP contribution < -0.4 is 15.4 Å². The fourth-order valence-electron chi connectivity index (χ4n) is 1.81. The monoisotopic (exact) mass is 446 g/mol. The van der Waals surface area contributed by atoms with Gasteiger partial charge in [-0.05, 0) is 23.8 Å². The lowest BCUT2D eigenvalue weighted by Crippen LogP contribution is -2.38. The van der Waals surface area contributed by atoms with Crippen LogP contribution in [0.3, 0.4) is 0 Å². The number of ether oxygens (including phenoxy) is 1.